The van der Waals surface area contributed by atoms with Gasteiger partial charge in [-0.1, -0.05) is 30.3 Å². The quantitative estimate of drug-likeness (QED) is 0.923. The van der Waals surface area contributed by atoms with Gasteiger partial charge in [0.15, 0.2) is 6.04 Å². The molecule has 2 aromatic rings. The van der Waals surface area contributed by atoms with Gasteiger partial charge in [0.25, 0.3) is 5.91 Å². The predicted molar refractivity (Wildman–Crippen MR) is 92.7 cm³/mol. The lowest BCUT2D eigenvalue weighted by atomic mass is 10.1. The maximum atomic E-state index is 12.9. The normalized spacial score (nSPS) is 17.5. The van der Waals surface area contributed by atoms with E-state index in [1.54, 1.807) is 0 Å². The van der Waals surface area contributed by atoms with E-state index in [4.69, 9.17) is 4.74 Å². The van der Waals surface area contributed by atoms with Gasteiger partial charge in [0.2, 0.25) is 0 Å². The molecule has 132 valence electrons. The maximum Gasteiger partial charge on any atom is 0.328 e. The molecule has 1 amide bonds. The van der Waals surface area contributed by atoms with Gasteiger partial charge in [-0.2, -0.15) is 0 Å². The van der Waals surface area contributed by atoms with Gasteiger partial charge in [0.1, 0.15) is 0 Å². The lowest BCUT2D eigenvalue weighted by molar-refractivity contribution is -0.147. The monoisotopic (exact) mass is 342 g/mol. The molecule has 1 aliphatic heterocycles. The zero-order valence-corrected chi connectivity index (χ0v) is 14.4. The Labute approximate surface area is 146 Å². The van der Waals surface area contributed by atoms with Crippen molar-refractivity contribution < 1.29 is 19.4 Å². The Morgan fingerprint density at radius 1 is 1.24 bits per heavy atom. The van der Waals surface area contributed by atoms with Crippen LogP contribution in [0.1, 0.15) is 27.3 Å². The molecule has 25 heavy (non-hydrogen) atoms. The summed E-state index contributed by atoms with van der Waals surface area (Å²) < 4.78 is 7.30. The van der Waals surface area contributed by atoms with Crippen LogP contribution in [0.4, 0.5) is 0 Å². The largest absolute Gasteiger partial charge is 0.480 e. The Bertz CT molecular complexity index is 782. The van der Waals surface area contributed by atoms with Crippen LogP contribution in [-0.2, 0) is 16.1 Å². The van der Waals surface area contributed by atoms with Crippen molar-refractivity contribution in [1.82, 2.24) is 9.47 Å². The molecule has 6 heteroatoms. The molecule has 1 atom stereocenters. The van der Waals surface area contributed by atoms with Crippen molar-refractivity contribution in [2.45, 2.75) is 26.4 Å². The van der Waals surface area contributed by atoms with E-state index in [-0.39, 0.29) is 19.1 Å². The Morgan fingerprint density at radius 2 is 1.96 bits per heavy atom. The third-order valence-corrected chi connectivity index (χ3v) is 4.66. The van der Waals surface area contributed by atoms with Crippen molar-refractivity contribution in [2.24, 2.45) is 0 Å². The van der Waals surface area contributed by atoms with E-state index in [9.17, 15) is 14.7 Å². The van der Waals surface area contributed by atoms with E-state index in [2.05, 4.69) is 4.57 Å². The van der Waals surface area contributed by atoms with Gasteiger partial charge >= 0.3 is 5.97 Å². The standard InChI is InChI=1S/C19H22N2O4/c1-13-10-16(14(2)21(13)11-15-6-4-3-5-7-15)18(22)20-8-9-25-12-17(20)19(23)24/h3-7,10,17H,8-9,11-12H2,1-2H3,(H,23,24). The van der Waals surface area contributed by atoms with Crippen molar-refractivity contribution >= 4 is 11.9 Å². The average Bonchev–Trinajstić information content (AvgIpc) is 2.90. The number of aliphatic carboxylic acids is 1. The summed E-state index contributed by atoms with van der Waals surface area (Å²) >= 11 is 0. The summed E-state index contributed by atoms with van der Waals surface area (Å²) in [5.74, 6) is -1.28. The number of aryl methyl sites for hydroxylation is 1. The van der Waals surface area contributed by atoms with E-state index in [0.717, 1.165) is 17.0 Å². The number of amides is 1. The van der Waals surface area contributed by atoms with Gasteiger partial charge in [-0.25, -0.2) is 4.79 Å². The molecule has 0 aliphatic carbocycles. The number of morpholine rings is 1. The van der Waals surface area contributed by atoms with Crippen LogP contribution < -0.4 is 0 Å². The zero-order valence-electron chi connectivity index (χ0n) is 14.4. The lowest BCUT2D eigenvalue weighted by Crippen LogP contribution is -2.52. The molecule has 0 spiro atoms. The fourth-order valence-corrected chi connectivity index (χ4v) is 3.23. The van der Waals surface area contributed by atoms with Crippen molar-refractivity contribution in [2.75, 3.05) is 19.8 Å². The van der Waals surface area contributed by atoms with Gasteiger partial charge in [-0.05, 0) is 25.5 Å². The maximum absolute atomic E-state index is 12.9. The number of carbonyl (C=O) groups is 2. The van der Waals surface area contributed by atoms with E-state index in [1.807, 2.05) is 50.2 Å². The molecule has 1 saturated heterocycles. The Kier molecular flexibility index (Phi) is 4.90. The van der Waals surface area contributed by atoms with Crippen molar-refractivity contribution in [3.05, 3.63) is 58.9 Å². The van der Waals surface area contributed by atoms with E-state index in [0.29, 0.717) is 18.7 Å². The smallest absolute Gasteiger partial charge is 0.328 e. The first-order valence-corrected chi connectivity index (χ1v) is 8.31. The number of ether oxygens (including phenoxy) is 1. The number of rotatable bonds is 4. The second-order valence-corrected chi connectivity index (χ2v) is 6.28. The minimum Gasteiger partial charge on any atom is -0.480 e. The van der Waals surface area contributed by atoms with Gasteiger partial charge in [0, 0.05) is 24.5 Å². The Morgan fingerprint density at radius 3 is 2.64 bits per heavy atom. The summed E-state index contributed by atoms with van der Waals surface area (Å²) in [5, 5.41) is 9.35. The van der Waals surface area contributed by atoms with Gasteiger partial charge < -0.3 is 19.3 Å². The summed E-state index contributed by atoms with van der Waals surface area (Å²) in [7, 11) is 0. The molecule has 0 radical (unpaired) electrons. The van der Waals surface area contributed by atoms with E-state index >= 15 is 0 Å². The first-order valence-electron chi connectivity index (χ1n) is 8.31. The van der Waals surface area contributed by atoms with Crippen molar-refractivity contribution in [1.29, 1.82) is 0 Å². The highest BCUT2D eigenvalue weighted by Gasteiger charge is 2.34. The van der Waals surface area contributed by atoms with Crippen molar-refractivity contribution in [3.63, 3.8) is 0 Å². The van der Waals surface area contributed by atoms with Crippen LogP contribution in [0, 0.1) is 13.8 Å². The van der Waals surface area contributed by atoms with Gasteiger partial charge in [0.05, 0.1) is 18.8 Å². The third kappa shape index (κ3) is 3.44. The number of carbonyl (C=O) groups excluding carboxylic acids is 1. The van der Waals surface area contributed by atoms with Crippen LogP contribution in [0.5, 0.6) is 0 Å². The number of hydrogen-bond donors (Lipinski definition) is 1. The van der Waals surface area contributed by atoms with Crippen LogP contribution >= 0.6 is 0 Å². The molecule has 1 aromatic heterocycles. The molecule has 0 bridgehead atoms. The van der Waals surface area contributed by atoms with Gasteiger partial charge in [-0.15, -0.1) is 0 Å². The first-order chi connectivity index (χ1) is 12.0. The minimum atomic E-state index is -1.04. The molecule has 2 heterocycles. The van der Waals surface area contributed by atoms with Crippen LogP contribution in [0.2, 0.25) is 0 Å². The topological polar surface area (TPSA) is 71.8 Å². The molecule has 1 aliphatic rings. The van der Waals surface area contributed by atoms with Crippen molar-refractivity contribution in [3.8, 4) is 0 Å². The number of nitrogens with zero attached hydrogens (tertiary/aromatic N) is 2. The van der Waals surface area contributed by atoms with E-state index in [1.165, 1.54) is 4.90 Å². The number of aromatic nitrogens is 1. The molecular formula is C19H22N2O4. The van der Waals surface area contributed by atoms with Crippen LogP contribution in [0.15, 0.2) is 36.4 Å². The molecule has 3 rings (SSSR count). The number of carboxylic acid groups (broad SMARTS) is 1. The fraction of sp³-hybridized carbons (Fsp3) is 0.368. The summed E-state index contributed by atoms with van der Waals surface area (Å²) in [6.45, 7) is 5.22. The summed E-state index contributed by atoms with van der Waals surface area (Å²) in [4.78, 5) is 25.8. The lowest BCUT2D eigenvalue weighted by Gasteiger charge is -2.32. The second-order valence-electron chi connectivity index (χ2n) is 6.28. The SMILES string of the molecule is Cc1cc(C(=O)N2CCOCC2C(=O)O)c(C)n1Cc1ccccc1. The molecule has 0 saturated carbocycles. The predicted octanol–water partition coefficient (Wildman–Crippen LogP) is 2.08. The highest BCUT2D eigenvalue weighted by atomic mass is 16.5. The zero-order chi connectivity index (χ0) is 18.0. The van der Waals surface area contributed by atoms with Crippen LogP contribution in [-0.4, -0.2) is 52.3 Å². The summed E-state index contributed by atoms with van der Waals surface area (Å²) in [5.41, 5.74) is 3.53. The molecule has 1 unspecified atom stereocenters. The molecular weight excluding hydrogens is 320 g/mol. The summed E-state index contributed by atoms with van der Waals surface area (Å²) in [6, 6.07) is 10.9. The van der Waals surface area contributed by atoms with Crippen LogP contribution in [0.3, 0.4) is 0 Å². The highest BCUT2D eigenvalue weighted by Crippen LogP contribution is 2.21. The Balaban J connectivity index is 1.88. The summed E-state index contributed by atoms with van der Waals surface area (Å²) in [6.07, 6.45) is 0. The number of benzene rings is 1. The Hall–Kier alpha value is -2.60. The third-order valence-electron chi connectivity index (χ3n) is 4.66. The first kappa shape index (κ1) is 17.2. The van der Waals surface area contributed by atoms with Crippen LogP contribution in [0.25, 0.3) is 0 Å². The number of carboxylic acids is 1. The molecule has 1 fully saturated rings. The fourth-order valence-electron chi connectivity index (χ4n) is 3.23. The second kappa shape index (κ2) is 7.11. The minimum absolute atomic E-state index is 0.0316. The van der Waals surface area contributed by atoms with E-state index < -0.39 is 12.0 Å². The highest BCUT2D eigenvalue weighted by molar-refractivity contribution is 5.98. The molecule has 1 aromatic carbocycles. The van der Waals surface area contributed by atoms with Gasteiger partial charge in [-0.3, -0.25) is 4.79 Å². The molecule has 6 nitrogen and oxygen atoms in total. The number of hydrogen-bond acceptors (Lipinski definition) is 3. The average molecular weight is 342 g/mol. The molecule has 1 N–H and O–H groups in total.